The molecule has 0 atom stereocenters. The van der Waals surface area contributed by atoms with Crippen LogP contribution in [0.1, 0.15) is 27.0 Å². The van der Waals surface area contributed by atoms with Crippen LogP contribution in [0.15, 0.2) is 12.1 Å². The minimum Gasteiger partial charge on any atom is -0.395 e. The fourth-order valence-corrected chi connectivity index (χ4v) is 2.06. The van der Waals surface area contributed by atoms with Gasteiger partial charge < -0.3 is 15.7 Å². The molecule has 7 heteroatoms. The van der Waals surface area contributed by atoms with Gasteiger partial charge in [-0.05, 0) is 23.3 Å². The first kappa shape index (κ1) is 13.8. The van der Waals surface area contributed by atoms with E-state index in [1.807, 2.05) is 0 Å². The Labute approximate surface area is 107 Å². The van der Waals surface area contributed by atoms with E-state index in [4.69, 9.17) is 5.11 Å². The summed E-state index contributed by atoms with van der Waals surface area (Å²) in [5, 5.41) is 13.8. The molecule has 1 amide bonds. The predicted molar refractivity (Wildman–Crippen MR) is 61.4 cm³/mol. The topological polar surface area (TPSA) is 61.4 Å². The van der Waals surface area contributed by atoms with Gasteiger partial charge in [0.25, 0.3) is 5.91 Å². The van der Waals surface area contributed by atoms with E-state index in [1.165, 1.54) is 6.07 Å². The summed E-state index contributed by atoms with van der Waals surface area (Å²) in [4.78, 5) is 11.5. The lowest BCUT2D eigenvalue weighted by atomic mass is 9.99. The molecule has 0 saturated carbocycles. The summed E-state index contributed by atoms with van der Waals surface area (Å²) in [6.45, 7) is 0.264. The molecule has 2 rings (SSSR count). The fourth-order valence-electron chi connectivity index (χ4n) is 2.06. The second kappa shape index (κ2) is 5.18. The lowest BCUT2D eigenvalue weighted by Gasteiger charge is -2.13. The van der Waals surface area contributed by atoms with Crippen LogP contribution in [0.3, 0.4) is 0 Å². The molecule has 0 fully saturated rings. The monoisotopic (exact) mass is 274 g/mol. The zero-order chi connectivity index (χ0) is 14.0. The van der Waals surface area contributed by atoms with Gasteiger partial charge in [-0.2, -0.15) is 13.2 Å². The second-order valence-electron chi connectivity index (χ2n) is 4.25. The van der Waals surface area contributed by atoms with E-state index in [2.05, 4.69) is 10.6 Å². The zero-order valence-electron chi connectivity index (χ0n) is 9.97. The highest BCUT2D eigenvalue weighted by Crippen LogP contribution is 2.36. The number of carbonyl (C=O) groups is 1. The summed E-state index contributed by atoms with van der Waals surface area (Å²) < 4.78 is 38.8. The number of aliphatic hydroxyl groups is 1. The van der Waals surface area contributed by atoms with Crippen molar-refractivity contribution >= 4 is 5.91 Å². The molecule has 0 aliphatic carbocycles. The van der Waals surface area contributed by atoms with E-state index >= 15 is 0 Å². The standard InChI is InChI=1S/C12H13F3N2O2/c13-12(14,15)10-4-7(5-16-1-2-18)3-8-9(10)6-17-11(8)19/h3-4,16,18H,1-2,5-6H2,(H,17,19). The maximum absolute atomic E-state index is 12.9. The minimum absolute atomic E-state index is 0.00316. The van der Waals surface area contributed by atoms with Crippen molar-refractivity contribution in [3.8, 4) is 0 Å². The third-order valence-electron chi connectivity index (χ3n) is 2.90. The molecule has 0 spiro atoms. The van der Waals surface area contributed by atoms with Crippen LogP contribution in [0, 0.1) is 0 Å². The molecular weight excluding hydrogens is 261 g/mol. The molecule has 1 aliphatic rings. The minimum atomic E-state index is -4.48. The molecule has 1 aliphatic heterocycles. The molecule has 19 heavy (non-hydrogen) atoms. The molecule has 104 valence electrons. The van der Waals surface area contributed by atoms with Crippen LogP contribution in [-0.2, 0) is 19.3 Å². The number of nitrogens with one attached hydrogen (secondary N) is 2. The van der Waals surface area contributed by atoms with E-state index in [0.717, 1.165) is 6.07 Å². The van der Waals surface area contributed by atoms with Gasteiger partial charge in [0.2, 0.25) is 0 Å². The normalized spacial score (nSPS) is 14.4. The quantitative estimate of drug-likeness (QED) is 0.719. The van der Waals surface area contributed by atoms with Gasteiger partial charge in [0.15, 0.2) is 0 Å². The van der Waals surface area contributed by atoms with E-state index in [0.29, 0.717) is 5.56 Å². The summed E-state index contributed by atoms with van der Waals surface area (Å²) in [5.74, 6) is -0.482. The zero-order valence-corrected chi connectivity index (χ0v) is 9.97. The average Bonchev–Trinajstić information content (AvgIpc) is 2.70. The maximum Gasteiger partial charge on any atom is 0.416 e. The predicted octanol–water partition coefficient (Wildman–Crippen LogP) is 1.03. The number of rotatable bonds is 4. The van der Waals surface area contributed by atoms with Crippen molar-refractivity contribution in [2.75, 3.05) is 13.2 Å². The van der Waals surface area contributed by atoms with Crippen LogP contribution < -0.4 is 10.6 Å². The average molecular weight is 274 g/mol. The number of aliphatic hydroxyl groups excluding tert-OH is 1. The lowest BCUT2D eigenvalue weighted by Crippen LogP contribution is -2.19. The van der Waals surface area contributed by atoms with Crippen molar-refractivity contribution in [1.82, 2.24) is 10.6 Å². The van der Waals surface area contributed by atoms with Crippen LogP contribution in [0.4, 0.5) is 13.2 Å². The van der Waals surface area contributed by atoms with Crippen molar-refractivity contribution in [1.29, 1.82) is 0 Å². The van der Waals surface area contributed by atoms with Crippen molar-refractivity contribution in [3.63, 3.8) is 0 Å². The Morgan fingerprint density at radius 1 is 1.37 bits per heavy atom. The number of alkyl halides is 3. The molecule has 1 aromatic carbocycles. The molecule has 3 N–H and O–H groups in total. The van der Waals surface area contributed by atoms with Gasteiger partial charge in [-0.3, -0.25) is 4.79 Å². The molecule has 0 radical (unpaired) electrons. The highest BCUT2D eigenvalue weighted by atomic mass is 19.4. The summed E-state index contributed by atoms with van der Waals surface area (Å²) in [6.07, 6.45) is -4.48. The van der Waals surface area contributed by atoms with E-state index in [1.54, 1.807) is 0 Å². The summed E-state index contributed by atoms with van der Waals surface area (Å²) in [6, 6.07) is 2.50. The van der Waals surface area contributed by atoms with Crippen molar-refractivity contribution < 1.29 is 23.1 Å². The van der Waals surface area contributed by atoms with Gasteiger partial charge in [-0.25, -0.2) is 0 Å². The first-order chi connectivity index (χ1) is 8.93. The number of halogens is 3. The van der Waals surface area contributed by atoms with Crippen LogP contribution in [0.5, 0.6) is 0 Å². The Bertz CT molecular complexity index is 500. The van der Waals surface area contributed by atoms with Gasteiger partial charge in [0.1, 0.15) is 0 Å². The second-order valence-corrected chi connectivity index (χ2v) is 4.25. The van der Waals surface area contributed by atoms with E-state index in [-0.39, 0.29) is 37.4 Å². The maximum atomic E-state index is 12.9. The molecule has 0 saturated heterocycles. The van der Waals surface area contributed by atoms with Gasteiger partial charge in [0.05, 0.1) is 12.2 Å². The van der Waals surface area contributed by atoms with Crippen LogP contribution in [0.2, 0.25) is 0 Å². The van der Waals surface area contributed by atoms with Crippen molar-refractivity contribution in [2.24, 2.45) is 0 Å². The lowest BCUT2D eigenvalue weighted by molar-refractivity contribution is -0.138. The SMILES string of the molecule is O=C1NCc2c1cc(CNCCO)cc2C(F)(F)F. The number of amides is 1. The molecule has 0 bridgehead atoms. The van der Waals surface area contributed by atoms with Gasteiger partial charge >= 0.3 is 6.18 Å². The Morgan fingerprint density at radius 3 is 2.74 bits per heavy atom. The third kappa shape index (κ3) is 2.87. The highest BCUT2D eigenvalue weighted by Gasteiger charge is 2.37. The molecule has 0 aromatic heterocycles. The third-order valence-corrected chi connectivity index (χ3v) is 2.90. The number of hydrogen-bond donors (Lipinski definition) is 3. The van der Waals surface area contributed by atoms with Crippen LogP contribution in [0.25, 0.3) is 0 Å². The largest absolute Gasteiger partial charge is 0.416 e. The summed E-state index contributed by atoms with van der Waals surface area (Å²) in [5.41, 5.74) is -0.320. The van der Waals surface area contributed by atoms with Gasteiger partial charge in [-0.15, -0.1) is 0 Å². The number of hydrogen-bond acceptors (Lipinski definition) is 3. The Hall–Kier alpha value is -1.60. The molecule has 0 unspecified atom stereocenters. The molecule has 1 aromatic rings. The van der Waals surface area contributed by atoms with Crippen molar-refractivity contribution in [2.45, 2.75) is 19.3 Å². The fraction of sp³-hybridized carbons (Fsp3) is 0.417. The highest BCUT2D eigenvalue weighted by molar-refractivity contribution is 5.99. The molecule has 1 heterocycles. The number of benzene rings is 1. The number of carbonyl (C=O) groups excluding carboxylic acids is 1. The van der Waals surface area contributed by atoms with Gasteiger partial charge in [0, 0.05) is 25.2 Å². The molecule has 4 nitrogen and oxygen atoms in total. The van der Waals surface area contributed by atoms with Crippen LogP contribution in [-0.4, -0.2) is 24.2 Å². The molecular formula is C12H13F3N2O2. The summed E-state index contributed by atoms with van der Waals surface area (Å²) >= 11 is 0. The Morgan fingerprint density at radius 2 is 2.11 bits per heavy atom. The first-order valence-electron chi connectivity index (χ1n) is 5.76. The first-order valence-corrected chi connectivity index (χ1v) is 5.76. The Balaban J connectivity index is 2.37. The summed E-state index contributed by atoms with van der Waals surface area (Å²) in [7, 11) is 0. The van der Waals surface area contributed by atoms with E-state index < -0.39 is 17.6 Å². The van der Waals surface area contributed by atoms with E-state index in [9.17, 15) is 18.0 Å². The Kier molecular flexibility index (Phi) is 3.77. The van der Waals surface area contributed by atoms with Crippen LogP contribution >= 0.6 is 0 Å². The number of fused-ring (bicyclic) bond motifs is 1. The smallest absolute Gasteiger partial charge is 0.395 e. The van der Waals surface area contributed by atoms with Crippen molar-refractivity contribution in [3.05, 3.63) is 34.4 Å². The van der Waals surface area contributed by atoms with Gasteiger partial charge in [-0.1, -0.05) is 0 Å².